The van der Waals surface area contributed by atoms with E-state index in [1.807, 2.05) is 60.7 Å². The third-order valence-electron chi connectivity index (χ3n) is 3.38. The lowest BCUT2D eigenvalue weighted by atomic mass is 10.1. The van der Waals surface area contributed by atoms with Crippen LogP contribution in [0.2, 0.25) is 0 Å². The number of benzene rings is 2. The molecule has 2 aromatic rings. The Hall–Kier alpha value is -2.79. The maximum absolute atomic E-state index is 12.4. The monoisotopic (exact) mass is 305 g/mol. The van der Waals surface area contributed by atoms with Crippen LogP contribution in [0.25, 0.3) is 0 Å². The minimum absolute atomic E-state index is 0.127. The molecule has 0 radical (unpaired) electrons. The normalized spacial score (nSPS) is 16.5. The highest BCUT2D eigenvalue weighted by molar-refractivity contribution is 8.00. The van der Waals surface area contributed by atoms with Gasteiger partial charge in [-0.2, -0.15) is 10.1 Å². The number of rotatable bonds is 2. The Morgan fingerprint density at radius 1 is 0.864 bits per heavy atom. The second-order valence-electron chi connectivity index (χ2n) is 4.80. The SMILES string of the molecule is O=C1C(c2ccccc2)=S=C2N=C(c3ccccc3)C=NN12. The van der Waals surface area contributed by atoms with Crippen molar-refractivity contribution < 1.29 is 4.79 Å². The standard InChI is InChI=1S/C17H11N3OS/c21-16-15(13-9-5-2-6-10-13)22-17-19-14(11-18-20(16)17)12-7-3-1-4-8-12/h1-11H. The molecule has 4 nitrogen and oxygen atoms in total. The molecule has 4 rings (SSSR count). The van der Waals surface area contributed by atoms with Crippen LogP contribution < -0.4 is 0 Å². The highest BCUT2D eigenvalue weighted by atomic mass is 32.1. The second kappa shape index (κ2) is 5.20. The minimum atomic E-state index is -0.127. The third kappa shape index (κ3) is 2.12. The zero-order valence-electron chi connectivity index (χ0n) is 11.5. The first-order valence-corrected chi connectivity index (χ1v) is 7.64. The molecule has 0 saturated heterocycles. The van der Waals surface area contributed by atoms with E-state index in [9.17, 15) is 4.79 Å². The summed E-state index contributed by atoms with van der Waals surface area (Å²) >= 11 is 0. The molecule has 2 heterocycles. The van der Waals surface area contributed by atoms with Gasteiger partial charge in [0.15, 0.2) is 0 Å². The predicted molar refractivity (Wildman–Crippen MR) is 91.5 cm³/mol. The number of hydrazone groups is 1. The van der Waals surface area contributed by atoms with Gasteiger partial charge in [-0.15, -0.1) is 0 Å². The predicted octanol–water partition coefficient (Wildman–Crippen LogP) is 2.36. The van der Waals surface area contributed by atoms with Gasteiger partial charge in [-0.3, -0.25) is 4.79 Å². The summed E-state index contributed by atoms with van der Waals surface area (Å²) in [7, 11) is 1.36. The van der Waals surface area contributed by atoms with Crippen molar-refractivity contribution in [2.24, 2.45) is 10.1 Å². The van der Waals surface area contributed by atoms with Crippen LogP contribution in [-0.2, 0) is 4.79 Å². The van der Waals surface area contributed by atoms with Gasteiger partial charge in [0.2, 0.25) is 5.11 Å². The molecule has 0 fully saturated rings. The van der Waals surface area contributed by atoms with Gasteiger partial charge < -0.3 is 0 Å². The van der Waals surface area contributed by atoms with E-state index in [0.29, 0.717) is 9.98 Å². The van der Waals surface area contributed by atoms with Crippen LogP contribution in [0.4, 0.5) is 0 Å². The Morgan fingerprint density at radius 2 is 1.50 bits per heavy atom. The van der Waals surface area contributed by atoms with E-state index >= 15 is 0 Å². The van der Waals surface area contributed by atoms with Crippen LogP contribution in [0.15, 0.2) is 70.8 Å². The van der Waals surface area contributed by atoms with Crippen molar-refractivity contribution in [2.45, 2.75) is 0 Å². The Kier molecular flexibility index (Phi) is 3.05. The fourth-order valence-electron chi connectivity index (χ4n) is 2.30. The summed E-state index contributed by atoms with van der Waals surface area (Å²) in [6.45, 7) is 0. The van der Waals surface area contributed by atoms with E-state index in [0.717, 1.165) is 16.8 Å². The largest absolute Gasteiger partial charge is 0.291 e. The number of carbonyl (C=O) groups excluding carboxylic acids is 1. The number of nitrogens with zero attached hydrogens (tertiary/aromatic N) is 3. The van der Waals surface area contributed by atoms with Crippen molar-refractivity contribution in [1.29, 1.82) is 0 Å². The maximum Gasteiger partial charge on any atom is 0.291 e. The van der Waals surface area contributed by atoms with E-state index in [1.165, 1.54) is 15.9 Å². The number of hydrogen-bond acceptors (Lipinski definition) is 3. The summed E-state index contributed by atoms with van der Waals surface area (Å²) in [6, 6.07) is 19.4. The van der Waals surface area contributed by atoms with Crippen molar-refractivity contribution in [2.75, 3.05) is 0 Å². The summed E-state index contributed by atoms with van der Waals surface area (Å²) in [5, 5.41) is 6.22. The maximum atomic E-state index is 12.4. The van der Waals surface area contributed by atoms with Crippen molar-refractivity contribution >= 4 is 38.8 Å². The Morgan fingerprint density at radius 3 is 2.18 bits per heavy atom. The molecule has 2 aromatic carbocycles. The zero-order chi connectivity index (χ0) is 14.9. The highest BCUT2D eigenvalue weighted by Gasteiger charge is 2.30. The molecular formula is C17H11N3OS. The Labute approximate surface area is 131 Å². The second-order valence-corrected chi connectivity index (χ2v) is 5.78. The van der Waals surface area contributed by atoms with Crippen LogP contribution in [0.5, 0.6) is 0 Å². The topological polar surface area (TPSA) is 45.0 Å². The summed E-state index contributed by atoms with van der Waals surface area (Å²) in [5.74, 6) is -0.127. The molecule has 0 N–H and O–H groups in total. The zero-order valence-corrected chi connectivity index (χ0v) is 12.3. The number of amides is 1. The van der Waals surface area contributed by atoms with Crippen LogP contribution in [0.3, 0.4) is 0 Å². The first-order valence-electron chi connectivity index (χ1n) is 6.83. The van der Waals surface area contributed by atoms with Crippen molar-refractivity contribution in [3.63, 3.8) is 0 Å². The fourth-order valence-corrected chi connectivity index (χ4v) is 3.27. The highest BCUT2D eigenvalue weighted by Crippen LogP contribution is 2.18. The van der Waals surface area contributed by atoms with Gasteiger partial charge in [0.05, 0.1) is 11.9 Å². The Balaban J connectivity index is 1.79. The quantitative estimate of drug-likeness (QED) is 0.786. The van der Waals surface area contributed by atoms with Gasteiger partial charge in [-0.25, -0.2) is 4.99 Å². The van der Waals surface area contributed by atoms with E-state index < -0.39 is 0 Å². The van der Waals surface area contributed by atoms with Crippen molar-refractivity contribution in [3.05, 3.63) is 71.8 Å². The molecule has 0 saturated carbocycles. The van der Waals surface area contributed by atoms with Crippen LogP contribution >= 0.6 is 10.9 Å². The van der Waals surface area contributed by atoms with Crippen LogP contribution in [0.1, 0.15) is 11.1 Å². The summed E-state index contributed by atoms with van der Waals surface area (Å²) in [5.41, 5.74) is 2.65. The van der Waals surface area contributed by atoms with Crippen LogP contribution in [0, 0.1) is 0 Å². The smallest absolute Gasteiger partial charge is 0.266 e. The van der Waals surface area contributed by atoms with E-state index in [2.05, 4.69) is 10.1 Å². The molecule has 0 spiro atoms. The number of carbonyl (C=O) groups is 1. The molecule has 0 bridgehead atoms. The van der Waals surface area contributed by atoms with Crippen LogP contribution in [-0.4, -0.2) is 32.8 Å². The number of fused-ring (bicyclic) bond motifs is 1. The van der Waals surface area contributed by atoms with Crippen molar-refractivity contribution in [1.82, 2.24) is 5.01 Å². The summed E-state index contributed by atoms with van der Waals surface area (Å²) in [6.07, 6.45) is 1.63. The van der Waals surface area contributed by atoms with Gasteiger partial charge in [0, 0.05) is 5.56 Å². The first-order chi connectivity index (χ1) is 10.8. The molecule has 0 unspecified atom stereocenters. The molecule has 2 aliphatic heterocycles. The molecule has 0 aromatic heterocycles. The van der Waals surface area contributed by atoms with E-state index in [1.54, 1.807) is 6.21 Å². The van der Waals surface area contributed by atoms with E-state index in [4.69, 9.17) is 0 Å². The molecule has 22 heavy (non-hydrogen) atoms. The molecule has 1 amide bonds. The van der Waals surface area contributed by atoms with E-state index in [-0.39, 0.29) is 5.91 Å². The average molecular weight is 305 g/mol. The number of aliphatic imine (C=N–C) groups is 1. The average Bonchev–Trinajstić information content (AvgIpc) is 2.93. The molecule has 2 aliphatic rings. The van der Waals surface area contributed by atoms with Gasteiger partial charge in [-0.1, -0.05) is 71.6 Å². The fraction of sp³-hybridized carbons (Fsp3) is 0. The lowest BCUT2D eigenvalue weighted by molar-refractivity contribution is -0.120. The Bertz CT molecular complexity index is 879. The van der Waals surface area contributed by atoms with Crippen molar-refractivity contribution in [3.8, 4) is 0 Å². The lowest BCUT2D eigenvalue weighted by Gasteiger charge is -2.16. The van der Waals surface area contributed by atoms with Gasteiger partial charge in [0.25, 0.3) is 5.91 Å². The summed E-state index contributed by atoms with van der Waals surface area (Å²) in [4.78, 5) is 17.7. The molecule has 5 heteroatoms. The molecule has 0 atom stereocenters. The molecular weight excluding hydrogens is 294 g/mol. The molecule has 106 valence electrons. The van der Waals surface area contributed by atoms with Gasteiger partial charge in [-0.05, 0) is 5.56 Å². The molecule has 0 aliphatic carbocycles. The minimum Gasteiger partial charge on any atom is -0.266 e. The lowest BCUT2D eigenvalue weighted by Crippen LogP contribution is -2.34. The third-order valence-corrected chi connectivity index (χ3v) is 4.44. The summed E-state index contributed by atoms with van der Waals surface area (Å²) < 4.78 is 0. The first kappa shape index (κ1) is 12.9. The number of hydrogen-bond donors (Lipinski definition) is 0. The van der Waals surface area contributed by atoms with Gasteiger partial charge in [0.1, 0.15) is 4.86 Å². The van der Waals surface area contributed by atoms with Gasteiger partial charge >= 0.3 is 0 Å².